The average Bonchev–Trinajstić information content (AvgIpc) is 2.16. The first-order chi connectivity index (χ1) is 7.41. The van der Waals surface area contributed by atoms with Gasteiger partial charge in [0.25, 0.3) is 0 Å². The Hall–Kier alpha value is -0.360. The van der Waals surface area contributed by atoms with Crippen LogP contribution in [0.5, 0.6) is 0 Å². The highest BCUT2D eigenvalue weighted by Crippen LogP contribution is 2.30. The highest BCUT2D eigenvalue weighted by atomic mass is 79.9. The van der Waals surface area contributed by atoms with E-state index in [4.69, 9.17) is 9.47 Å². The summed E-state index contributed by atoms with van der Waals surface area (Å²) in [6.07, 6.45) is 2.72. The van der Waals surface area contributed by atoms with Crippen LogP contribution in [0.15, 0.2) is 12.2 Å². The third-order valence-electron chi connectivity index (χ3n) is 2.03. The maximum Gasteiger partial charge on any atom is 0.303 e. The molecule has 0 heterocycles. The van der Waals surface area contributed by atoms with E-state index in [1.165, 1.54) is 13.8 Å². The molecule has 90 valence electrons. The van der Waals surface area contributed by atoms with Crippen molar-refractivity contribution in [1.29, 1.82) is 0 Å². The van der Waals surface area contributed by atoms with Crippen LogP contribution in [-0.2, 0) is 19.1 Å². The van der Waals surface area contributed by atoms with E-state index in [2.05, 4.69) is 31.9 Å². The molecule has 0 saturated heterocycles. The number of rotatable bonds is 2. The number of esters is 2. The minimum absolute atomic E-state index is 0.134. The van der Waals surface area contributed by atoms with Gasteiger partial charge in [-0.1, -0.05) is 31.9 Å². The molecule has 0 fully saturated rings. The zero-order chi connectivity index (χ0) is 12.3. The van der Waals surface area contributed by atoms with Crippen molar-refractivity contribution >= 4 is 43.8 Å². The Morgan fingerprint density at radius 1 is 0.938 bits per heavy atom. The van der Waals surface area contributed by atoms with E-state index in [1.54, 1.807) is 12.2 Å². The SMILES string of the molecule is CC(=O)O[C@@H]1C=C[C@@H](OC(C)=O)[C@H](Br)[C@H]1Br. The largest absolute Gasteiger partial charge is 0.457 e. The van der Waals surface area contributed by atoms with E-state index in [0.717, 1.165) is 0 Å². The van der Waals surface area contributed by atoms with E-state index in [1.807, 2.05) is 0 Å². The third kappa shape index (κ3) is 3.59. The second kappa shape index (κ2) is 5.82. The van der Waals surface area contributed by atoms with Crippen LogP contribution >= 0.6 is 31.9 Å². The first kappa shape index (κ1) is 13.7. The van der Waals surface area contributed by atoms with Crippen molar-refractivity contribution in [3.8, 4) is 0 Å². The molecule has 6 heteroatoms. The molecule has 1 aliphatic rings. The Labute approximate surface area is 111 Å². The Morgan fingerprint density at radius 3 is 1.50 bits per heavy atom. The monoisotopic (exact) mass is 354 g/mol. The third-order valence-corrected chi connectivity index (χ3v) is 4.92. The van der Waals surface area contributed by atoms with Gasteiger partial charge < -0.3 is 9.47 Å². The number of hydrogen-bond donors (Lipinski definition) is 0. The average molecular weight is 356 g/mol. The molecule has 0 radical (unpaired) electrons. The minimum Gasteiger partial charge on any atom is -0.457 e. The summed E-state index contributed by atoms with van der Waals surface area (Å²) in [6.45, 7) is 2.71. The van der Waals surface area contributed by atoms with Crippen LogP contribution in [0.2, 0.25) is 0 Å². The van der Waals surface area contributed by atoms with Crippen LogP contribution in [-0.4, -0.2) is 33.8 Å². The number of alkyl halides is 2. The second-order valence-corrected chi connectivity index (χ2v) is 5.54. The van der Waals surface area contributed by atoms with Gasteiger partial charge in [0.05, 0.1) is 9.65 Å². The predicted octanol–water partition coefficient (Wildman–Crippen LogP) is 1.95. The maximum absolute atomic E-state index is 10.8. The van der Waals surface area contributed by atoms with Gasteiger partial charge in [-0.3, -0.25) is 9.59 Å². The molecule has 0 aromatic carbocycles. The van der Waals surface area contributed by atoms with Gasteiger partial charge in [0.15, 0.2) is 0 Å². The van der Waals surface area contributed by atoms with Crippen molar-refractivity contribution in [3.05, 3.63) is 12.2 Å². The summed E-state index contributed by atoms with van der Waals surface area (Å²) in [4.78, 5) is 21.4. The molecule has 0 amide bonds. The lowest BCUT2D eigenvalue weighted by molar-refractivity contribution is -0.148. The molecule has 0 saturated carbocycles. The van der Waals surface area contributed by atoms with Crippen LogP contribution in [0.25, 0.3) is 0 Å². The number of carbonyl (C=O) groups excluding carboxylic acids is 2. The molecular weight excluding hydrogens is 344 g/mol. The van der Waals surface area contributed by atoms with Crippen molar-refractivity contribution in [2.45, 2.75) is 35.7 Å². The molecule has 1 rings (SSSR count). The Kier molecular flexibility index (Phi) is 4.98. The van der Waals surface area contributed by atoms with Crippen LogP contribution < -0.4 is 0 Å². The van der Waals surface area contributed by atoms with Crippen molar-refractivity contribution in [3.63, 3.8) is 0 Å². The summed E-state index contributed by atoms with van der Waals surface area (Å²) in [5.41, 5.74) is 0. The van der Waals surface area contributed by atoms with Gasteiger partial charge >= 0.3 is 11.9 Å². The molecule has 16 heavy (non-hydrogen) atoms. The molecule has 0 unspecified atom stereocenters. The molecule has 1 aliphatic carbocycles. The summed E-state index contributed by atoms with van der Waals surface area (Å²) in [6, 6.07) is 0. The predicted molar refractivity (Wildman–Crippen MR) is 65.7 cm³/mol. The van der Waals surface area contributed by atoms with Crippen LogP contribution in [0.4, 0.5) is 0 Å². The van der Waals surface area contributed by atoms with Gasteiger partial charge in [0.1, 0.15) is 12.2 Å². The fourth-order valence-electron chi connectivity index (χ4n) is 1.39. The fourth-order valence-corrected chi connectivity index (χ4v) is 2.56. The van der Waals surface area contributed by atoms with Gasteiger partial charge in [-0.2, -0.15) is 0 Å². The first-order valence-electron chi connectivity index (χ1n) is 4.72. The molecule has 0 N–H and O–H groups in total. The lowest BCUT2D eigenvalue weighted by atomic mass is 10.0. The smallest absolute Gasteiger partial charge is 0.303 e. The van der Waals surface area contributed by atoms with Gasteiger partial charge in [-0.05, 0) is 12.2 Å². The van der Waals surface area contributed by atoms with E-state index in [0.29, 0.717) is 0 Å². The normalized spacial score (nSPS) is 33.2. The van der Waals surface area contributed by atoms with Crippen molar-refractivity contribution in [2.24, 2.45) is 0 Å². The number of hydrogen-bond acceptors (Lipinski definition) is 4. The van der Waals surface area contributed by atoms with Crippen molar-refractivity contribution in [1.82, 2.24) is 0 Å². The summed E-state index contributed by atoms with van der Waals surface area (Å²) >= 11 is 6.82. The lowest BCUT2D eigenvalue weighted by Gasteiger charge is -2.31. The summed E-state index contributed by atoms with van der Waals surface area (Å²) < 4.78 is 10.2. The number of halogens is 2. The fraction of sp³-hybridized carbons (Fsp3) is 0.600. The van der Waals surface area contributed by atoms with E-state index in [-0.39, 0.29) is 33.8 Å². The van der Waals surface area contributed by atoms with E-state index < -0.39 is 0 Å². The molecule has 0 spiro atoms. The van der Waals surface area contributed by atoms with Crippen LogP contribution in [0.1, 0.15) is 13.8 Å². The summed E-state index contributed by atoms with van der Waals surface area (Å²) in [5, 5.41) is 0. The molecule has 4 nitrogen and oxygen atoms in total. The van der Waals surface area contributed by atoms with Crippen molar-refractivity contribution in [2.75, 3.05) is 0 Å². The van der Waals surface area contributed by atoms with Crippen LogP contribution in [0, 0.1) is 0 Å². The van der Waals surface area contributed by atoms with Gasteiger partial charge in [-0.25, -0.2) is 0 Å². The molecule has 4 atom stereocenters. The van der Waals surface area contributed by atoms with E-state index in [9.17, 15) is 9.59 Å². The molecule has 0 aliphatic heterocycles. The zero-order valence-corrected chi connectivity index (χ0v) is 12.0. The second-order valence-electron chi connectivity index (χ2n) is 3.42. The Morgan fingerprint density at radius 2 is 1.25 bits per heavy atom. The number of carbonyl (C=O) groups is 2. The van der Waals surface area contributed by atoms with Gasteiger partial charge in [-0.15, -0.1) is 0 Å². The topological polar surface area (TPSA) is 52.6 Å². The Bertz CT molecular complexity index is 286. The maximum atomic E-state index is 10.8. The van der Waals surface area contributed by atoms with Gasteiger partial charge in [0, 0.05) is 13.8 Å². The zero-order valence-electron chi connectivity index (χ0n) is 8.85. The number of ether oxygens (including phenoxy) is 2. The quantitative estimate of drug-likeness (QED) is 0.431. The van der Waals surface area contributed by atoms with Crippen molar-refractivity contribution < 1.29 is 19.1 Å². The molecule has 0 aromatic rings. The minimum atomic E-state index is -0.353. The standard InChI is InChI=1S/C10H12Br2O4/c1-5(13)15-7-3-4-8(16-6(2)14)10(12)9(7)11/h3-4,7-10H,1-2H3/t7-,8-,9+,10+/m1/s1. The first-order valence-corrected chi connectivity index (χ1v) is 6.56. The lowest BCUT2D eigenvalue weighted by Crippen LogP contribution is -2.42. The molecule has 0 bridgehead atoms. The van der Waals surface area contributed by atoms with E-state index >= 15 is 0 Å². The highest BCUT2D eigenvalue weighted by Gasteiger charge is 2.36. The summed E-state index contributed by atoms with van der Waals surface area (Å²) in [5.74, 6) is -0.686. The molecule has 0 aromatic heterocycles. The molecular formula is C10H12Br2O4. The van der Waals surface area contributed by atoms with Gasteiger partial charge in [0.2, 0.25) is 0 Å². The summed E-state index contributed by atoms with van der Waals surface area (Å²) in [7, 11) is 0. The highest BCUT2D eigenvalue weighted by molar-refractivity contribution is 9.12. The van der Waals surface area contributed by atoms with Crippen LogP contribution in [0.3, 0.4) is 0 Å². The Balaban J connectivity index is 2.70.